The molecule has 20 heavy (non-hydrogen) atoms. The monoisotopic (exact) mass is 290 g/mol. The zero-order valence-corrected chi connectivity index (χ0v) is 11.5. The topological polar surface area (TPSA) is 28.7 Å². The lowest BCUT2D eigenvalue weighted by Crippen LogP contribution is -1.98. The van der Waals surface area contributed by atoms with Gasteiger partial charge in [-0.1, -0.05) is 30.0 Å². The summed E-state index contributed by atoms with van der Waals surface area (Å²) in [5.41, 5.74) is 1.84. The van der Waals surface area contributed by atoms with Crippen LogP contribution in [0.25, 0.3) is 11.0 Å². The molecule has 2 aromatic carbocycles. The molecule has 5 heteroatoms. The van der Waals surface area contributed by atoms with Crippen LogP contribution < -0.4 is 0 Å². The summed E-state index contributed by atoms with van der Waals surface area (Å²) in [6, 6.07) is 11.5. The Morgan fingerprint density at radius 2 is 1.75 bits per heavy atom. The fraction of sp³-hybridized carbons (Fsp3) is 0.133. The number of rotatable bonds is 3. The van der Waals surface area contributed by atoms with Gasteiger partial charge in [0.15, 0.2) is 5.16 Å². The van der Waals surface area contributed by atoms with E-state index in [0.717, 1.165) is 11.0 Å². The van der Waals surface area contributed by atoms with Gasteiger partial charge in [0.2, 0.25) is 0 Å². The van der Waals surface area contributed by atoms with Crippen molar-refractivity contribution < 1.29 is 8.78 Å². The molecular formula is C15H12F2N2S. The normalized spacial score (nSPS) is 12.8. The summed E-state index contributed by atoms with van der Waals surface area (Å²) in [6.45, 7) is 1.76. The van der Waals surface area contributed by atoms with Gasteiger partial charge < -0.3 is 4.98 Å². The first-order valence-corrected chi connectivity index (χ1v) is 7.08. The maximum atomic E-state index is 13.7. The van der Waals surface area contributed by atoms with Crippen LogP contribution in [0.2, 0.25) is 0 Å². The van der Waals surface area contributed by atoms with Gasteiger partial charge in [-0.25, -0.2) is 13.8 Å². The lowest BCUT2D eigenvalue weighted by Gasteiger charge is -2.11. The highest BCUT2D eigenvalue weighted by Gasteiger charge is 2.18. The lowest BCUT2D eigenvalue weighted by molar-refractivity contribution is 0.557. The van der Waals surface area contributed by atoms with Crippen molar-refractivity contribution in [1.29, 1.82) is 0 Å². The molecule has 1 atom stereocenters. The van der Waals surface area contributed by atoms with Gasteiger partial charge >= 0.3 is 0 Å². The molecule has 1 N–H and O–H groups in total. The molecule has 1 aromatic heterocycles. The summed E-state index contributed by atoms with van der Waals surface area (Å²) in [7, 11) is 0. The van der Waals surface area contributed by atoms with Crippen LogP contribution >= 0.6 is 11.8 Å². The first kappa shape index (κ1) is 13.1. The smallest absolute Gasteiger partial charge is 0.166 e. The van der Waals surface area contributed by atoms with Crippen molar-refractivity contribution in [3.8, 4) is 0 Å². The van der Waals surface area contributed by atoms with Gasteiger partial charge in [0.25, 0.3) is 0 Å². The molecule has 1 unspecified atom stereocenters. The molecule has 0 aliphatic heterocycles. The van der Waals surface area contributed by atoms with Gasteiger partial charge in [-0.3, -0.25) is 0 Å². The number of hydrogen-bond donors (Lipinski definition) is 1. The summed E-state index contributed by atoms with van der Waals surface area (Å²) in [4.78, 5) is 7.54. The van der Waals surface area contributed by atoms with Gasteiger partial charge in [-0.05, 0) is 31.2 Å². The van der Waals surface area contributed by atoms with E-state index in [-0.39, 0.29) is 10.8 Å². The van der Waals surface area contributed by atoms with Gasteiger partial charge in [0, 0.05) is 10.8 Å². The predicted octanol–water partition coefficient (Wildman–Crippen LogP) is 4.69. The third-order valence-electron chi connectivity index (χ3n) is 3.06. The minimum Gasteiger partial charge on any atom is -0.333 e. The number of thioether (sulfide) groups is 1. The van der Waals surface area contributed by atoms with Crippen LogP contribution in [0, 0.1) is 11.6 Å². The van der Waals surface area contributed by atoms with Gasteiger partial charge in [-0.2, -0.15) is 0 Å². The Morgan fingerprint density at radius 3 is 2.45 bits per heavy atom. The van der Waals surface area contributed by atoms with E-state index in [9.17, 15) is 8.78 Å². The largest absolute Gasteiger partial charge is 0.333 e. The van der Waals surface area contributed by atoms with Crippen molar-refractivity contribution in [2.45, 2.75) is 17.3 Å². The number of aromatic nitrogens is 2. The molecule has 0 saturated carbocycles. The molecule has 1 heterocycles. The van der Waals surface area contributed by atoms with Crippen molar-refractivity contribution in [2.24, 2.45) is 0 Å². The van der Waals surface area contributed by atoms with Crippen LogP contribution in [-0.4, -0.2) is 9.97 Å². The van der Waals surface area contributed by atoms with Gasteiger partial charge in [-0.15, -0.1) is 0 Å². The summed E-state index contributed by atoms with van der Waals surface area (Å²) in [5.74, 6) is -1.05. The summed E-state index contributed by atoms with van der Waals surface area (Å²) < 4.78 is 27.4. The second-order valence-electron chi connectivity index (χ2n) is 4.45. The van der Waals surface area contributed by atoms with Crippen molar-refractivity contribution in [3.05, 3.63) is 59.7 Å². The van der Waals surface area contributed by atoms with Crippen molar-refractivity contribution in [2.75, 3.05) is 0 Å². The molecule has 0 radical (unpaired) electrons. The molecule has 0 aliphatic carbocycles. The number of aromatic amines is 1. The highest BCUT2D eigenvalue weighted by molar-refractivity contribution is 7.99. The van der Waals surface area contributed by atoms with E-state index in [2.05, 4.69) is 9.97 Å². The van der Waals surface area contributed by atoms with Crippen LogP contribution in [0.3, 0.4) is 0 Å². The molecule has 3 rings (SSSR count). The second kappa shape index (κ2) is 5.25. The summed E-state index contributed by atoms with van der Waals surface area (Å²) >= 11 is 1.30. The Balaban J connectivity index is 1.90. The fourth-order valence-corrected chi connectivity index (χ4v) is 3.11. The van der Waals surface area contributed by atoms with Crippen LogP contribution in [0.5, 0.6) is 0 Å². The molecule has 3 aromatic rings. The average molecular weight is 290 g/mol. The minimum absolute atomic E-state index is 0.0814. The van der Waals surface area contributed by atoms with Crippen molar-refractivity contribution >= 4 is 22.8 Å². The number of imidazole rings is 1. The average Bonchev–Trinajstić information content (AvgIpc) is 2.80. The van der Waals surface area contributed by atoms with E-state index in [1.807, 2.05) is 24.3 Å². The molecule has 0 spiro atoms. The molecule has 102 valence electrons. The van der Waals surface area contributed by atoms with E-state index in [0.29, 0.717) is 5.16 Å². The Hall–Kier alpha value is -1.88. The van der Waals surface area contributed by atoms with Crippen molar-refractivity contribution in [3.63, 3.8) is 0 Å². The third kappa shape index (κ3) is 2.41. The first-order valence-electron chi connectivity index (χ1n) is 6.20. The number of H-pyrrole nitrogens is 1. The molecule has 0 bridgehead atoms. The number of para-hydroxylation sites is 2. The van der Waals surface area contributed by atoms with Crippen LogP contribution in [0.1, 0.15) is 17.7 Å². The van der Waals surface area contributed by atoms with E-state index in [4.69, 9.17) is 0 Å². The molecule has 0 saturated heterocycles. The second-order valence-corrected chi connectivity index (χ2v) is 5.78. The highest BCUT2D eigenvalue weighted by atomic mass is 32.2. The number of hydrogen-bond acceptors (Lipinski definition) is 2. The number of fused-ring (bicyclic) bond motifs is 1. The Bertz CT molecular complexity index is 701. The third-order valence-corrected chi connectivity index (χ3v) is 4.07. The van der Waals surface area contributed by atoms with E-state index >= 15 is 0 Å². The van der Waals surface area contributed by atoms with Gasteiger partial charge in [0.05, 0.1) is 11.0 Å². The molecule has 0 fully saturated rings. The fourth-order valence-electron chi connectivity index (χ4n) is 2.11. The zero-order chi connectivity index (χ0) is 14.1. The Labute approximate surface area is 119 Å². The minimum atomic E-state index is -0.527. The Morgan fingerprint density at radius 1 is 1.05 bits per heavy atom. The lowest BCUT2D eigenvalue weighted by atomic mass is 10.1. The maximum absolute atomic E-state index is 13.7. The zero-order valence-electron chi connectivity index (χ0n) is 10.7. The van der Waals surface area contributed by atoms with Crippen LogP contribution in [0.15, 0.2) is 47.6 Å². The molecular weight excluding hydrogens is 278 g/mol. The van der Waals surface area contributed by atoms with Crippen molar-refractivity contribution in [1.82, 2.24) is 9.97 Å². The summed E-state index contributed by atoms with van der Waals surface area (Å²) in [5, 5.41) is 0.290. The molecule has 0 aliphatic rings. The standard InChI is InChI=1S/C15H12F2N2S/c1-9(14-10(16)5-4-6-11(14)17)20-15-18-12-7-2-3-8-13(12)19-15/h2-9H,1H3,(H,18,19). The number of halogens is 2. The number of nitrogens with one attached hydrogen (secondary N) is 1. The predicted molar refractivity (Wildman–Crippen MR) is 76.7 cm³/mol. The Kier molecular flexibility index (Phi) is 3.44. The highest BCUT2D eigenvalue weighted by Crippen LogP contribution is 2.36. The number of benzene rings is 2. The SMILES string of the molecule is CC(Sc1nc2ccccc2[nH]1)c1c(F)cccc1F. The summed E-state index contributed by atoms with van der Waals surface area (Å²) in [6.07, 6.45) is 0. The van der Waals surface area contributed by atoms with Crippen LogP contribution in [-0.2, 0) is 0 Å². The number of nitrogens with zero attached hydrogens (tertiary/aromatic N) is 1. The van der Waals surface area contributed by atoms with E-state index in [1.165, 1.54) is 30.0 Å². The maximum Gasteiger partial charge on any atom is 0.166 e. The van der Waals surface area contributed by atoms with E-state index < -0.39 is 11.6 Å². The molecule has 0 amide bonds. The van der Waals surface area contributed by atoms with E-state index in [1.54, 1.807) is 6.92 Å². The first-order chi connectivity index (χ1) is 9.65. The van der Waals surface area contributed by atoms with Gasteiger partial charge in [0.1, 0.15) is 11.6 Å². The van der Waals surface area contributed by atoms with Crippen LogP contribution in [0.4, 0.5) is 8.78 Å². The molecule has 2 nitrogen and oxygen atoms in total. The quantitative estimate of drug-likeness (QED) is 0.709.